The monoisotopic (exact) mass is 294 g/mol. The number of rotatable bonds is 3. The van der Waals surface area contributed by atoms with Gasteiger partial charge in [-0.05, 0) is 24.3 Å². The maximum absolute atomic E-state index is 12.9. The minimum Gasteiger partial charge on any atom is -0.478 e. The van der Waals surface area contributed by atoms with E-state index in [0.717, 1.165) is 5.52 Å². The van der Waals surface area contributed by atoms with E-state index in [-0.39, 0.29) is 17.0 Å². The van der Waals surface area contributed by atoms with Crippen LogP contribution in [0, 0.1) is 0 Å². The lowest BCUT2D eigenvalue weighted by Crippen LogP contribution is -2.18. The number of nitrogens with zero attached hydrogens (tertiary/aromatic N) is 2. The summed E-state index contributed by atoms with van der Waals surface area (Å²) in [4.78, 5) is 28.7. The van der Waals surface area contributed by atoms with Gasteiger partial charge in [0, 0.05) is 6.42 Å². The molecule has 0 unspecified atom stereocenters. The molecule has 0 spiro atoms. The number of aryl methyl sites for hydroxylation is 1. The number of imidazole rings is 1. The van der Waals surface area contributed by atoms with Crippen LogP contribution in [-0.4, -0.2) is 26.5 Å². The number of aromatic carboxylic acids is 1. The summed E-state index contributed by atoms with van der Waals surface area (Å²) in [5.74, 6) is -0.874. The van der Waals surface area contributed by atoms with Gasteiger partial charge in [0.15, 0.2) is 0 Å². The molecule has 0 aliphatic heterocycles. The quantitative estimate of drug-likeness (QED) is 0.806. The maximum atomic E-state index is 12.9. The van der Waals surface area contributed by atoms with Crippen LogP contribution < -0.4 is 0 Å². The smallest absolute Gasteiger partial charge is 0.336 e. The molecule has 3 rings (SSSR count). The van der Waals surface area contributed by atoms with E-state index in [2.05, 4.69) is 4.98 Å². The predicted molar refractivity (Wildman–Crippen MR) is 82.2 cm³/mol. The van der Waals surface area contributed by atoms with E-state index in [9.17, 15) is 14.7 Å². The second-order valence-corrected chi connectivity index (χ2v) is 4.86. The first kappa shape index (κ1) is 14.0. The summed E-state index contributed by atoms with van der Waals surface area (Å²) in [6.07, 6.45) is 0.579. The summed E-state index contributed by atoms with van der Waals surface area (Å²) in [7, 11) is 0. The Morgan fingerprint density at radius 2 is 1.68 bits per heavy atom. The van der Waals surface area contributed by atoms with Gasteiger partial charge in [0.1, 0.15) is 5.82 Å². The van der Waals surface area contributed by atoms with Crippen LogP contribution in [0.15, 0.2) is 48.5 Å². The molecule has 0 fully saturated rings. The van der Waals surface area contributed by atoms with Crippen molar-refractivity contribution in [3.63, 3.8) is 0 Å². The molecular weight excluding hydrogens is 280 g/mol. The van der Waals surface area contributed by atoms with Crippen molar-refractivity contribution in [2.75, 3.05) is 0 Å². The molecule has 0 aliphatic carbocycles. The third-order valence-electron chi connectivity index (χ3n) is 3.54. The van der Waals surface area contributed by atoms with Crippen molar-refractivity contribution in [2.45, 2.75) is 13.3 Å². The first-order chi connectivity index (χ1) is 10.6. The number of para-hydroxylation sites is 2. The number of carbonyl (C=O) groups is 2. The number of aromatic nitrogens is 2. The van der Waals surface area contributed by atoms with Gasteiger partial charge in [-0.25, -0.2) is 9.78 Å². The van der Waals surface area contributed by atoms with Crippen LogP contribution in [0.1, 0.15) is 33.5 Å². The number of fused-ring (bicyclic) bond motifs is 1. The highest BCUT2D eigenvalue weighted by atomic mass is 16.4. The topological polar surface area (TPSA) is 72.2 Å². The second-order valence-electron chi connectivity index (χ2n) is 4.86. The second kappa shape index (κ2) is 5.44. The average molecular weight is 294 g/mol. The molecule has 5 nitrogen and oxygen atoms in total. The van der Waals surface area contributed by atoms with Gasteiger partial charge in [-0.1, -0.05) is 31.2 Å². The summed E-state index contributed by atoms with van der Waals surface area (Å²) < 4.78 is 1.50. The highest BCUT2D eigenvalue weighted by Crippen LogP contribution is 2.20. The fraction of sp³-hybridized carbons (Fsp3) is 0.118. The van der Waals surface area contributed by atoms with Gasteiger partial charge < -0.3 is 5.11 Å². The molecule has 0 saturated carbocycles. The molecule has 0 radical (unpaired) electrons. The largest absolute Gasteiger partial charge is 0.478 e. The number of hydrogen-bond acceptors (Lipinski definition) is 3. The Morgan fingerprint density at radius 3 is 2.36 bits per heavy atom. The van der Waals surface area contributed by atoms with E-state index < -0.39 is 5.97 Å². The van der Waals surface area contributed by atoms with E-state index in [1.807, 2.05) is 31.2 Å². The Kier molecular flexibility index (Phi) is 3.47. The Morgan fingerprint density at radius 1 is 1.05 bits per heavy atom. The minimum absolute atomic E-state index is 0.00710. The fourth-order valence-electron chi connectivity index (χ4n) is 2.52. The van der Waals surface area contributed by atoms with Gasteiger partial charge in [0.25, 0.3) is 5.91 Å². The van der Waals surface area contributed by atoms with Crippen molar-refractivity contribution < 1.29 is 14.7 Å². The zero-order valence-corrected chi connectivity index (χ0v) is 12.0. The predicted octanol–water partition coefficient (Wildman–Crippen LogP) is 2.99. The number of carboxylic acid groups (broad SMARTS) is 1. The molecule has 2 aromatic carbocycles. The van der Waals surface area contributed by atoms with Crippen molar-refractivity contribution in [3.8, 4) is 0 Å². The molecule has 0 atom stereocenters. The van der Waals surface area contributed by atoms with Gasteiger partial charge in [-0.15, -0.1) is 0 Å². The SMILES string of the molecule is CCc1nc2ccccc2n1C(=O)c1ccccc1C(=O)O. The van der Waals surface area contributed by atoms with Crippen LogP contribution in [0.2, 0.25) is 0 Å². The van der Waals surface area contributed by atoms with Gasteiger partial charge >= 0.3 is 5.97 Å². The van der Waals surface area contributed by atoms with E-state index >= 15 is 0 Å². The lowest BCUT2D eigenvalue weighted by Gasteiger charge is -2.09. The van der Waals surface area contributed by atoms with Crippen LogP contribution in [0.3, 0.4) is 0 Å². The molecule has 1 N–H and O–H groups in total. The lowest BCUT2D eigenvalue weighted by atomic mass is 10.1. The summed E-state index contributed by atoms with van der Waals surface area (Å²) in [6.45, 7) is 1.91. The average Bonchev–Trinajstić information content (AvgIpc) is 2.92. The van der Waals surface area contributed by atoms with E-state index in [1.54, 1.807) is 12.1 Å². The van der Waals surface area contributed by atoms with Crippen LogP contribution in [0.5, 0.6) is 0 Å². The zero-order valence-electron chi connectivity index (χ0n) is 12.0. The molecule has 110 valence electrons. The van der Waals surface area contributed by atoms with Gasteiger partial charge in [0.2, 0.25) is 0 Å². The van der Waals surface area contributed by atoms with Crippen molar-refractivity contribution in [1.29, 1.82) is 0 Å². The highest BCUT2D eigenvalue weighted by molar-refractivity contribution is 6.08. The molecule has 1 aromatic heterocycles. The van der Waals surface area contributed by atoms with Crippen molar-refractivity contribution >= 4 is 22.9 Å². The molecule has 1 heterocycles. The number of hydrogen-bond donors (Lipinski definition) is 1. The Bertz CT molecular complexity index is 880. The Labute approximate surface area is 126 Å². The van der Waals surface area contributed by atoms with Crippen molar-refractivity contribution in [2.24, 2.45) is 0 Å². The van der Waals surface area contributed by atoms with E-state index in [4.69, 9.17) is 0 Å². The molecule has 0 bridgehead atoms. The lowest BCUT2D eigenvalue weighted by molar-refractivity contribution is 0.0691. The van der Waals surface area contributed by atoms with Crippen LogP contribution in [0.25, 0.3) is 11.0 Å². The molecule has 0 amide bonds. The number of benzene rings is 2. The van der Waals surface area contributed by atoms with E-state index in [1.165, 1.54) is 16.7 Å². The van der Waals surface area contributed by atoms with Crippen LogP contribution >= 0.6 is 0 Å². The first-order valence-corrected chi connectivity index (χ1v) is 6.97. The summed E-state index contributed by atoms with van der Waals surface area (Å²) >= 11 is 0. The third kappa shape index (κ3) is 2.16. The standard InChI is InChI=1S/C17H14N2O3/c1-2-15-18-13-9-5-6-10-14(13)19(15)16(20)11-7-3-4-8-12(11)17(21)22/h3-10H,2H2,1H3,(H,21,22). The van der Waals surface area contributed by atoms with Crippen LogP contribution in [0.4, 0.5) is 0 Å². The molecule has 3 aromatic rings. The Balaban J connectivity index is 2.24. The summed E-state index contributed by atoms with van der Waals surface area (Å²) in [5.41, 5.74) is 1.56. The third-order valence-corrected chi connectivity index (χ3v) is 3.54. The molecule has 5 heteroatoms. The zero-order chi connectivity index (χ0) is 15.7. The molecule has 22 heavy (non-hydrogen) atoms. The normalized spacial score (nSPS) is 10.8. The molecule has 0 aliphatic rings. The summed E-state index contributed by atoms with van der Waals surface area (Å²) in [5, 5.41) is 9.27. The van der Waals surface area contributed by atoms with Gasteiger partial charge in [-0.2, -0.15) is 0 Å². The highest BCUT2D eigenvalue weighted by Gasteiger charge is 2.21. The fourth-order valence-corrected chi connectivity index (χ4v) is 2.52. The van der Waals surface area contributed by atoms with Crippen molar-refractivity contribution in [1.82, 2.24) is 9.55 Å². The number of carbonyl (C=O) groups excluding carboxylic acids is 1. The molecule has 0 saturated heterocycles. The van der Waals surface area contributed by atoms with Gasteiger partial charge in [0.05, 0.1) is 22.2 Å². The van der Waals surface area contributed by atoms with Gasteiger partial charge in [-0.3, -0.25) is 9.36 Å². The number of carboxylic acids is 1. The first-order valence-electron chi connectivity index (χ1n) is 6.97. The summed E-state index contributed by atoms with van der Waals surface area (Å²) in [6, 6.07) is 13.5. The van der Waals surface area contributed by atoms with Crippen molar-refractivity contribution in [3.05, 3.63) is 65.5 Å². The van der Waals surface area contributed by atoms with Crippen LogP contribution in [-0.2, 0) is 6.42 Å². The Hall–Kier alpha value is -2.95. The molecular formula is C17H14N2O3. The minimum atomic E-state index is -1.12. The maximum Gasteiger partial charge on any atom is 0.336 e. The van der Waals surface area contributed by atoms with E-state index in [0.29, 0.717) is 17.8 Å².